The van der Waals surface area contributed by atoms with Gasteiger partial charge < -0.3 is 15.5 Å². The number of anilines is 1. The molecule has 0 amide bonds. The normalized spacial score (nSPS) is 12.8. The van der Waals surface area contributed by atoms with Gasteiger partial charge >= 0.3 is 5.76 Å². The number of aromatic nitrogens is 1. The summed E-state index contributed by atoms with van der Waals surface area (Å²) in [6, 6.07) is 5.67. The van der Waals surface area contributed by atoms with Gasteiger partial charge in [-0.25, -0.2) is 4.79 Å². The zero-order valence-electron chi connectivity index (χ0n) is 10.8. The van der Waals surface area contributed by atoms with Crippen LogP contribution in [0.5, 0.6) is 0 Å². The van der Waals surface area contributed by atoms with Crippen LogP contribution in [0, 0.1) is 5.92 Å². The van der Waals surface area contributed by atoms with E-state index in [4.69, 9.17) is 10.2 Å². The van der Waals surface area contributed by atoms with Crippen molar-refractivity contribution in [1.82, 2.24) is 4.57 Å². The molecular formula is C13H19N3O2. The van der Waals surface area contributed by atoms with Crippen LogP contribution in [-0.2, 0) is 7.05 Å². The molecule has 0 saturated heterocycles. The molecule has 1 unspecified atom stereocenters. The van der Waals surface area contributed by atoms with Gasteiger partial charge in [-0.1, -0.05) is 13.3 Å². The Morgan fingerprint density at radius 1 is 1.50 bits per heavy atom. The lowest BCUT2D eigenvalue weighted by Gasteiger charge is -2.13. The first-order valence-electron chi connectivity index (χ1n) is 6.19. The summed E-state index contributed by atoms with van der Waals surface area (Å²) in [5.74, 6) is 0.124. The average molecular weight is 249 g/mol. The zero-order valence-corrected chi connectivity index (χ0v) is 10.8. The largest absolute Gasteiger partial charge is 0.419 e. The zero-order chi connectivity index (χ0) is 13.1. The molecule has 98 valence electrons. The van der Waals surface area contributed by atoms with E-state index in [1.54, 1.807) is 7.05 Å². The van der Waals surface area contributed by atoms with Gasteiger partial charge in [0.05, 0.1) is 5.52 Å². The van der Waals surface area contributed by atoms with Gasteiger partial charge in [0.15, 0.2) is 5.58 Å². The molecule has 0 saturated carbocycles. The molecule has 0 bridgehead atoms. The van der Waals surface area contributed by atoms with Crippen LogP contribution in [0.15, 0.2) is 27.4 Å². The van der Waals surface area contributed by atoms with E-state index in [1.165, 1.54) is 4.57 Å². The van der Waals surface area contributed by atoms with Crippen molar-refractivity contribution in [2.45, 2.75) is 13.3 Å². The minimum Gasteiger partial charge on any atom is -0.408 e. The number of nitrogens with zero attached hydrogens (tertiary/aromatic N) is 1. The maximum Gasteiger partial charge on any atom is 0.419 e. The van der Waals surface area contributed by atoms with Crippen LogP contribution in [0.1, 0.15) is 13.3 Å². The summed E-state index contributed by atoms with van der Waals surface area (Å²) in [7, 11) is 1.70. The van der Waals surface area contributed by atoms with Crippen LogP contribution in [0.3, 0.4) is 0 Å². The van der Waals surface area contributed by atoms with Crippen LogP contribution < -0.4 is 16.8 Å². The van der Waals surface area contributed by atoms with Gasteiger partial charge in [-0.3, -0.25) is 4.57 Å². The van der Waals surface area contributed by atoms with Crippen molar-refractivity contribution in [2.24, 2.45) is 18.7 Å². The number of benzene rings is 1. The fourth-order valence-corrected chi connectivity index (χ4v) is 1.90. The monoisotopic (exact) mass is 249 g/mol. The summed E-state index contributed by atoms with van der Waals surface area (Å²) in [5, 5.41) is 3.32. The van der Waals surface area contributed by atoms with Crippen molar-refractivity contribution >= 4 is 16.8 Å². The van der Waals surface area contributed by atoms with Gasteiger partial charge in [-0.15, -0.1) is 0 Å². The molecule has 0 aliphatic rings. The van der Waals surface area contributed by atoms with Crippen LogP contribution in [0.4, 0.5) is 5.69 Å². The number of rotatable bonds is 5. The molecule has 0 aliphatic carbocycles. The highest BCUT2D eigenvalue weighted by Crippen LogP contribution is 2.18. The highest BCUT2D eigenvalue weighted by atomic mass is 16.4. The minimum absolute atomic E-state index is 0.337. The molecule has 1 aromatic heterocycles. The van der Waals surface area contributed by atoms with Crippen molar-refractivity contribution in [2.75, 3.05) is 18.4 Å². The summed E-state index contributed by atoms with van der Waals surface area (Å²) >= 11 is 0. The Morgan fingerprint density at radius 3 is 2.94 bits per heavy atom. The third-order valence-corrected chi connectivity index (χ3v) is 3.30. The minimum atomic E-state index is -0.337. The van der Waals surface area contributed by atoms with E-state index in [2.05, 4.69) is 12.2 Å². The first-order valence-corrected chi connectivity index (χ1v) is 6.19. The highest BCUT2D eigenvalue weighted by Gasteiger charge is 2.07. The highest BCUT2D eigenvalue weighted by molar-refractivity contribution is 5.77. The topological polar surface area (TPSA) is 73.2 Å². The Hall–Kier alpha value is -1.75. The number of hydrogen-bond donors (Lipinski definition) is 2. The van der Waals surface area contributed by atoms with Gasteiger partial charge in [0, 0.05) is 25.3 Å². The van der Waals surface area contributed by atoms with E-state index in [-0.39, 0.29) is 5.76 Å². The second-order valence-electron chi connectivity index (χ2n) is 4.50. The smallest absolute Gasteiger partial charge is 0.408 e. The number of hydrogen-bond acceptors (Lipinski definition) is 4. The molecule has 1 aromatic carbocycles. The van der Waals surface area contributed by atoms with Crippen molar-refractivity contribution in [3.8, 4) is 0 Å². The number of aryl methyl sites for hydroxylation is 1. The SMILES string of the molecule is CCC(CN)CNc1ccc2c(c1)oc(=O)n2C. The standard InChI is InChI=1S/C13H19N3O2/c1-3-9(7-14)8-15-10-4-5-11-12(6-10)18-13(17)16(11)2/h4-6,9,15H,3,7-8,14H2,1-2H3. The summed E-state index contributed by atoms with van der Waals surface area (Å²) in [6.45, 7) is 3.63. The number of fused-ring (bicyclic) bond motifs is 1. The summed E-state index contributed by atoms with van der Waals surface area (Å²) < 4.78 is 6.64. The van der Waals surface area contributed by atoms with E-state index in [0.29, 0.717) is 18.0 Å². The lowest BCUT2D eigenvalue weighted by molar-refractivity contribution is 0.528. The van der Waals surface area contributed by atoms with Crippen molar-refractivity contribution < 1.29 is 4.42 Å². The summed E-state index contributed by atoms with van der Waals surface area (Å²) in [4.78, 5) is 11.4. The lowest BCUT2D eigenvalue weighted by atomic mass is 10.1. The number of nitrogens with two attached hydrogens (primary N) is 1. The number of nitrogens with one attached hydrogen (secondary N) is 1. The molecule has 0 radical (unpaired) electrons. The predicted molar refractivity (Wildman–Crippen MR) is 72.8 cm³/mol. The molecule has 2 aromatic rings. The Labute approximate surface area is 106 Å². The van der Waals surface area contributed by atoms with Crippen LogP contribution >= 0.6 is 0 Å². The molecule has 1 atom stereocenters. The van der Waals surface area contributed by atoms with E-state index in [1.807, 2.05) is 18.2 Å². The molecule has 1 heterocycles. The van der Waals surface area contributed by atoms with Gasteiger partial charge in [0.2, 0.25) is 0 Å². The fraction of sp³-hybridized carbons (Fsp3) is 0.462. The first-order chi connectivity index (χ1) is 8.65. The quantitative estimate of drug-likeness (QED) is 0.842. The van der Waals surface area contributed by atoms with Crippen LogP contribution in [0.25, 0.3) is 11.1 Å². The van der Waals surface area contributed by atoms with Crippen molar-refractivity contribution in [1.29, 1.82) is 0 Å². The fourth-order valence-electron chi connectivity index (χ4n) is 1.90. The van der Waals surface area contributed by atoms with Gasteiger partial charge in [-0.2, -0.15) is 0 Å². The van der Waals surface area contributed by atoms with Gasteiger partial charge in [0.1, 0.15) is 0 Å². The summed E-state index contributed by atoms with van der Waals surface area (Å²) in [6.07, 6.45) is 1.05. The van der Waals surface area contributed by atoms with E-state index >= 15 is 0 Å². The van der Waals surface area contributed by atoms with E-state index < -0.39 is 0 Å². The molecule has 5 heteroatoms. The average Bonchev–Trinajstić information content (AvgIpc) is 2.66. The maximum atomic E-state index is 11.4. The maximum absolute atomic E-state index is 11.4. The van der Waals surface area contributed by atoms with Crippen molar-refractivity contribution in [3.05, 3.63) is 28.7 Å². The predicted octanol–water partition coefficient (Wildman–Crippen LogP) is 1.53. The Balaban J connectivity index is 2.18. The van der Waals surface area contributed by atoms with Gasteiger partial charge in [-0.05, 0) is 24.6 Å². The molecule has 5 nitrogen and oxygen atoms in total. The van der Waals surface area contributed by atoms with E-state index in [0.717, 1.165) is 24.2 Å². The Kier molecular flexibility index (Phi) is 3.72. The molecule has 0 aliphatic heterocycles. The second-order valence-corrected chi connectivity index (χ2v) is 4.50. The van der Waals surface area contributed by atoms with Crippen molar-refractivity contribution in [3.63, 3.8) is 0 Å². The van der Waals surface area contributed by atoms with Gasteiger partial charge in [0.25, 0.3) is 0 Å². The number of oxazole rings is 1. The van der Waals surface area contributed by atoms with Crippen LogP contribution in [-0.4, -0.2) is 17.7 Å². The molecule has 3 N–H and O–H groups in total. The second kappa shape index (κ2) is 5.27. The molecule has 0 fully saturated rings. The third kappa shape index (κ3) is 2.41. The Morgan fingerprint density at radius 2 is 2.28 bits per heavy atom. The lowest BCUT2D eigenvalue weighted by Crippen LogP contribution is -2.21. The molecule has 18 heavy (non-hydrogen) atoms. The molecule has 0 spiro atoms. The Bertz CT molecular complexity index is 581. The summed E-state index contributed by atoms with van der Waals surface area (Å²) in [5.41, 5.74) is 8.01. The van der Waals surface area contributed by atoms with Crippen LogP contribution in [0.2, 0.25) is 0 Å². The third-order valence-electron chi connectivity index (χ3n) is 3.30. The molecular weight excluding hydrogens is 230 g/mol. The first kappa shape index (κ1) is 12.7. The molecule has 2 rings (SSSR count). The van der Waals surface area contributed by atoms with E-state index in [9.17, 15) is 4.79 Å².